The Hall–Kier alpha value is -4.77. The summed E-state index contributed by atoms with van der Waals surface area (Å²) in [5.41, 5.74) is 1.20. The van der Waals surface area contributed by atoms with Gasteiger partial charge in [-0.2, -0.15) is 0 Å². The fraction of sp³-hybridized carbons (Fsp3) is 0.207. The Labute approximate surface area is 232 Å². The van der Waals surface area contributed by atoms with Crippen molar-refractivity contribution < 1.29 is 23.9 Å². The molecule has 1 unspecified atom stereocenters. The number of fused-ring (bicyclic) bond motifs is 2. The van der Waals surface area contributed by atoms with Gasteiger partial charge in [0, 0.05) is 17.7 Å². The number of ether oxygens (including phenoxy) is 3. The third kappa shape index (κ3) is 4.64. The average Bonchev–Trinajstić information content (AvgIpc) is 3.25. The molecule has 0 N–H and O–H groups in total. The lowest BCUT2D eigenvalue weighted by Gasteiger charge is -2.27. The van der Waals surface area contributed by atoms with Crippen LogP contribution in [0.25, 0.3) is 16.8 Å². The zero-order chi connectivity index (χ0) is 28.6. The number of hydrogen-bond donors (Lipinski definition) is 0. The average molecular weight is 560 g/mol. The van der Waals surface area contributed by atoms with Crippen molar-refractivity contribution in [2.24, 2.45) is 4.99 Å². The summed E-state index contributed by atoms with van der Waals surface area (Å²) >= 11 is 1.13. The number of rotatable bonds is 7. The van der Waals surface area contributed by atoms with Crippen molar-refractivity contribution in [1.29, 1.82) is 0 Å². The van der Waals surface area contributed by atoms with Gasteiger partial charge in [-0.1, -0.05) is 35.6 Å². The summed E-state index contributed by atoms with van der Waals surface area (Å²) in [5, 5.41) is 12.9. The van der Waals surface area contributed by atoms with Gasteiger partial charge in [-0.15, -0.1) is 0 Å². The summed E-state index contributed by atoms with van der Waals surface area (Å²) in [6, 6.07) is 14.3. The summed E-state index contributed by atoms with van der Waals surface area (Å²) < 4.78 is 18.4. The number of nitro groups is 1. The van der Waals surface area contributed by atoms with Crippen LogP contribution >= 0.6 is 11.3 Å². The second-order valence-electron chi connectivity index (χ2n) is 8.92. The normalized spacial score (nSPS) is 15.0. The first kappa shape index (κ1) is 26.8. The molecule has 3 aromatic carbocycles. The zero-order valence-corrected chi connectivity index (χ0v) is 23.0. The number of carbonyl (C=O) groups is 1. The Bertz CT molecular complexity index is 1880. The lowest BCUT2D eigenvalue weighted by molar-refractivity contribution is -0.384. The van der Waals surface area contributed by atoms with Gasteiger partial charge in [0.25, 0.3) is 11.2 Å². The maximum absolute atomic E-state index is 14.0. The van der Waals surface area contributed by atoms with Crippen molar-refractivity contribution >= 4 is 39.8 Å². The molecule has 11 heteroatoms. The van der Waals surface area contributed by atoms with Crippen LogP contribution in [0.15, 0.2) is 75.7 Å². The molecule has 10 nitrogen and oxygen atoms in total. The van der Waals surface area contributed by atoms with Crippen molar-refractivity contribution in [2.45, 2.75) is 19.9 Å². The summed E-state index contributed by atoms with van der Waals surface area (Å²) in [6.07, 6.45) is 1.58. The first-order valence-corrected chi connectivity index (χ1v) is 13.2. The fourth-order valence-corrected chi connectivity index (χ4v) is 5.88. The van der Waals surface area contributed by atoms with Crippen LogP contribution in [0.1, 0.15) is 31.0 Å². The van der Waals surface area contributed by atoms with Gasteiger partial charge in [0.15, 0.2) is 4.80 Å². The van der Waals surface area contributed by atoms with E-state index in [4.69, 9.17) is 14.2 Å². The molecule has 0 amide bonds. The topological polar surface area (TPSA) is 122 Å². The van der Waals surface area contributed by atoms with Gasteiger partial charge in [-0.25, -0.2) is 9.79 Å². The molecule has 0 radical (unpaired) electrons. The molecule has 4 aromatic rings. The minimum absolute atomic E-state index is 0.0886. The largest absolute Gasteiger partial charge is 0.497 e. The molecule has 1 atom stereocenters. The minimum Gasteiger partial charge on any atom is -0.497 e. The number of allylic oxidation sites excluding steroid dienone is 1. The van der Waals surface area contributed by atoms with E-state index >= 15 is 0 Å². The van der Waals surface area contributed by atoms with E-state index in [2.05, 4.69) is 4.99 Å². The smallest absolute Gasteiger partial charge is 0.338 e. The van der Waals surface area contributed by atoms with Gasteiger partial charge in [0.05, 0.1) is 41.6 Å². The van der Waals surface area contributed by atoms with Gasteiger partial charge in [0.1, 0.15) is 17.5 Å². The number of benzene rings is 3. The molecular weight excluding hydrogens is 534 g/mol. The van der Waals surface area contributed by atoms with Gasteiger partial charge >= 0.3 is 5.97 Å². The van der Waals surface area contributed by atoms with Crippen molar-refractivity contribution in [1.82, 2.24) is 4.57 Å². The third-order valence-corrected chi connectivity index (χ3v) is 7.60. The third-order valence-electron chi connectivity index (χ3n) is 6.62. The van der Waals surface area contributed by atoms with Crippen LogP contribution in [0.3, 0.4) is 0 Å². The maximum atomic E-state index is 14.0. The second-order valence-corrected chi connectivity index (χ2v) is 9.93. The molecule has 0 saturated heterocycles. The van der Waals surface area contributed by atoms with Crippen LogP contribution in [0.2, 0.25) is 0 Å². The SMILES string of the molecule is CCOC(=O)C1=C(C)N=c2s/c(=C\c3cccc([N+](=O)[O-])c3)c(=O)n2C1c1c(OC)ccc2ccc(OC)cc12. The van der Waals surface area contributed by atoms with E-state index in [9.17, 15) is 19.7 Å². The standard InChI is InChI=1S/C29H25N3O7S/c1-5-39-28(34)24-16(2)30-29-31(27(33)23(40-29)14-17-7-6-8-19(13-17)32(35)36)26(24)25-21-15-20(37-3)11-9-18(21)10-12-22(25)38-4/h6-15,26H,5H2,1-4H3/b23-14-. The second kappa shape index (κ2) is 10.8. The van der Waals surface area contributed by atoms with E-state index in [1.807, 2.05) is 24.3 Å². The molecule has 0 saturated carbocycles. The van der Waals surface area contributed by atoms with E-state index in [0.717, 1.165) is 22.1 Å². The quantitative estimate of drug-likeness (QED) is 0.191. The van der Waals surface area contributed by atoms with E-state index < -0.39 is 22.5 Å². The Kier molecular flexibility index (Phi) is 7.22. The van der Waals surface area contributed by atoms with Crippen LogP contribution in [-0.4, -0.2) is 36.3 Å². The van der Waals surface area contributed by atoms with E-state index in [1.165, 1.54) is 23.8 Å². The van der Waals surface area contributed by atoms with Crippen LogP contribution in [-0.2, 0) is 9.53 Å². The van der Waals surface area contributed by atoms with Crippen LogP contribution in [0.5, 0.6) is 11.5 Å². The van der Waals surface area contributed by atoms with E-state index in [0.29, 0.717) is 37.7 Å². The highest BCUT2D eigenvalue weighted by Crippen LogP contribution is 2.41. The molecule has 1 aromatic heterocycles. The highest BCUT2D eigenvalue weighted by molar-refractivity contribution is 7.07. The Balaban J connectivity index is 1.85. The Morgan fingerprint density at radius 3 is 2.62 bits per heavy atom. The van der Waals surface area contributed by atoms with Gasteiger partial charge < -0.3 is 14.2 Å². The van der Waals surface area contributed by atoms with Gasteiger partial charge in [-0.05, 0) is 54.5 Å². The van der Waals surface area contributed by atoms with Crippen molar-refractivity contribution in [2.75, 3.05) is 20.8 Å². The van der Waals surface area contributed by atoms with Crippen molar-refractivity contribution in [3.8, 4) is 11.5 Å². The van der Waals surface area contributed by atoms with E-state index in [-0.39, 0.29) is 17.9 Å². The molecule has 5 rings (SSSR count). The summed E-state index contributed by atoms with van der Waals surface area (Å²) in [5.74, 6) is 0.470. The lowest BCUT2D eigenvalue weighted by atomic mass is 9.90. The highest BCUT2D eigenvalue weighted by Gasteiger charge is 2.36. The number of hydrogen-bond acceptors (Lipinski definition) is 9. The number of nitrogens with zero attached hydrogens (tertiary/aromatic N) is 3. The maximum Gasteiger partial charge on any atom is 0.338 e. The molecule has 1 aliphatic rings. The summed E-state index contributed by atoms with van der Waals surface area (Å²) in [6.45, 7) is 3.55. The van der Waals surface area contributed by atoms with Crippen LogP contribution in [0, 0.1) is 10.1 Å². The molecular formula is C29H25N3O7S. The molecule has 0 bridgehead atoms. The lowest BCUT2D eigenvalue weighted by Crippen LogP contribution is -2.40. The predicted octanol–water partition coefficient (Wildman–Crippen LogP) is 3.88. The molecule has 0 spiro atoms. The molecule has 40 heavy (non-hydrogen) atoms. The summed E-state index contributed by atoms with van der Waals surface area (Å²) in [4.78, 5) is 43.2. The predicted molar refractivity (Wildman–Crippen MR) is 151 cm³/mol. The Morgan fingerprint density at radius 2 is 1.93 bits per heavy atom. The molecule has 0 aliphatic carbocycles. The number of aromatic nitrogens is 1. The minimum atomic E-state index is -0.923. The molecule has 1 aliphatic heterocycles. The van der Waals surface area contributed by atoms with Crippen molar-refractivity contribution in [3.63, 3.8) is 0 Å². The first-order valence-electron chi connectivity index (χ1n) is 12.4. The van der Waals surface area contributed by atoms with Crippen LogP contribution in [0.4, 0.5) is 5.69 Å². The zero-order valence-electron chi connectivity index (χ0n) is 22.2. The van der Waals surface area contributed by atoms with Gasteiger partial charge in [0.2, 0.25) is 0 Å². The molecule has 0 fully saturated rings. The highest BCUT2D eigenvalue weighted by atomic mass is 32.1. The van der Waals surface area contributed by atoms with Crippen molar-refractivity contribution in [3.05, 3.63) is 107 Å². The number of thiazole rings is 1. The number of methoxy groups -OCH3 is 2. The summed E-state index contributed by atoms with van der Waals surface area (Å²) in [7, 11) is 3.09. The number of nitro benzene ring substituents is 1. The van der Waals surface area contributed by atoms with E-state index in [1.54, 1.807) is 45.2 Å². The molecule has 2 heterocycles. The van der Waals surface area contributed by atoms with Gasteiger partial charge in [-0.3, -0.25) is 19.5 Å². The van der Waals surface area contributed by atoms with Crippen LogP contribution < -0.4 is 24.4 Å². The molecule has 204 valence electrons. The fourth-order valence-electron chi connectivity index (χ4n) is 4.83. The monoisotopic (exact) mass is 559 g/mol. The Morgan fingerprint density at radius 1 is 1.15 bits per heavy atom. The number of esters is 1. The first-order chi connectivity index (χ1) is 19.3. The number of non-ortho nitro benzene ring substituents is 1. The number of carbonyl (C=O) groups excluding carboxylic acids is 1.